The maximum Gasteiger partial charge on any atom is 0.196 e. The van der Waals surface area contributed by atoms with Crippen molar-refractivity contribution in [3.05, 3.63) is 35.9 Å². The molecule has 0 unspecified atom stereocenters. The van der Waals surface area contributed by atoms with E-state index in [1.807, 2.05) is 39.0 Å². The summed E-state index contributed by atoms with van der Waals surface area (Å²) in [5, 5.41) is 0. The molecule has 0 atom stereocenters. The number of nitrogens with zero attached hydrogens (tertiary/aromatic N) is 1. The average Bonchev–Trinajstić information content (AvgIpc) is 2.80. The fraction of sp³-hybridized carbons (Fsp3) is 0.400. The summed E-state index contributed by atoms with van der Waals surface area (Å²) in [5.74, 6) is 2.35. The first-order chi connectivity index (χ1) is 9.10. The summed E-state index contributed by atoms with van der Waals surface area (Å²) in [7, 11) is 0. The van der Waals surface area contributed by atoms with Gasteiger partial charge in [-0.15, -0.1) is 0 Å². The van der Waals surface area contributed by atoms with Gasteiger partial charge in [0.25, 0.3) is 0 Å². The second-order valence-electron chi connectivity index (χ2n) is 4.80. The van der Waals surface area contributed by atoms with Crippen LogP contribution in [0.25, 0.3) is 11.3 Å². The highest BCUT2D eigenvalue weighted by Gasteiger charge is 2.09. The van der Waals surface area contributed by atoms with E-state index < -0.39 is 0 Å². The molecule has 0 fully saturated rings. The van der Waals surface area contributed by atoms with Gasteiger partial charge < -0.3 is 14.9 Å². The quantitative estimate of drug-likeness (QED) is 0.897. The van der Waals surface area contributed by atoms with Gasteiger partial charge in [-0.3, -0.25) is 0 Å². The van der Waals surface area contributed by atoms with Crippen LogP contribution >= 0.6 is 0 Å². The molecule has 4 heteroatoms. The summed E-state index contributed by atoms with van der Waals surface area (Å²) in [6, 6.07) is 6.00. The van der Waals surface area contributed by atoms with E-state index >= 15 is 0 Å². The van der Waals surface area contributed by atoms with Crippen molar-refractivity contribution in [2.75, 3.05) is 6.54 Å². The molecule has 0 spiro atoms. The van der Waals surface area contributed by atoms with Gasteiger partial charge in [0.15, 0.2) is 11.7 Å². The zero-order chi connectivity index (χ0) is 13.8. The first kappa shape index (κ1) is 13.6. The molecule has 1 heterocycles. The van der Waals surface area contributed by atoms with Crippen LogP contribution in [0.15, 0.2) is 28.8 Å². The Kier molecular flexibility index (Phi) is 4.22. The Morgan fingerprint density at radius 3 is 2.79 bits per heavy atom. The molecule has 0 saturated heterocycles. The van der Waals surface area contributed by atoms with Gasteiger partial charge >= 0.3 is 0 Å². The monoisotopic (exact) mass is 260 g/mol. The van der Waals surface area contributed by atoms with E-state index in [0.29, 0.717) is 18.9 Å². The largest absolute Gasteiger partial charge is 0.491 e. The summed E-state index contributed by atoms with van der Waals surface area (Å²) in [4.78, 5) is 4.20. The maximum absolute atomic E-state index is 5.72. The minimum Gasteiger partial charge on any atom is -0.491 e. The maximum atomic E-state index is 5.72. The van der Waals surface area contributed by atoms with Crippen molar-refractivity contribution >= 4 is 0 Å². The fourth-order valence-corrected chi connectivity index (χ4v) is 1.87. The first-order valence-electron chi connectivity index (χ1n) is 6.52. The Morgan fingerprint density at radius 1 is 1.37 bits per heavy atom. The summed E-state index contributed by atoms with van der Waals surface area (Å²) in [5.41, 5.74) is 7.57. The van der Waals surface area contributed by atoms with Gasteiger partial charge in [-0.05, 0) is 44.5 Å². The van der Waals surface area contributed by atoms with Crippen LogP contribution in [0.2, 0.25) is 0 Å². The number of aromatic nitrogens is 1. The van der Waals surface area contributed by atoms with Crippen LogP contribution in [0.5, 0.6) is 5.75 Å². The molecule has 4 nitrogen and oxygen atoms in total. The summed E-state index contributed by atoms with van der Waals surface area (Å²) >= 11 is 0. The summed E-state index contributed by atoms with van der Waals surface area (Å²) in [6.45, 7) is 6.60. The highest BCUT2D eigenvalue weighted by Crippen LogP contribution is 2.27. The molecule has 1 aromatic heterocycles. The molecule has 102 valence electrons. The number of oxazole rings is 1. The van der Waals surface area contributed by atoms with E-state index in [-0.39, 0.29) is 6.10 Å². The van der Waals surface area contributed by atoms with Gasteiger partial charge in [-0.1, -0.05) is 0 Å². The van der Waals surface area contributed by atoms with Gasteiger partial charge in [0.05, 0.1) is 12.3 Å². The minimum atomic E-state index is 0.172. The number of benzene rings is 1. The molecule has 0 amide bonds. The molecule has 0 radical (unpaired) electrons. The van der Waals surface area contributed by atoms with Crippen LogP contribution in [0.4, 0.5) is 0 Å². The number of hydrogen-bond donors (Lipinski definition) is 1. The van der Waals surface area contributed by atoms with Crippen molar-refractivity contribution < 1.29 is 9.15 Å². The molecule has 2 aromatic rings. The normalized spacial score (nSPS) is 11.0. The molecule has 2 N–H and O–H groups in total. The molecule has 19 heavy (non-hydrogen) atoms. The standard InChI is InChI=1S/C15H20N2O2/c1-10(2)18-13-5-4-12(8-11(13)3)14-9-17-15(19-14)6-7-16/h4-5,8-10H,6-7,16H2,1-3H3. The van der Waals surface area contributed by atoms with Gasteiger partial charge in [0.1, 0.15) is 5.75 Å². The fourth-order valence-electron chi connectivity index (χ4n) is 1.87. The predicted octanol–water partition coefficient (Wildman–Crippen LogP) is 2.94. The predicted molar refractivity (Wildman–Crippen MR) is 75.2 cm³/mol. The minimum absolute atomic E-state index is 0.172. The number of rotatable bonds is 5. The van der Waals surface area contributed by atoms with E-state index in [9.17, 15) is 0 Å². The lowest BCUT2D eigenvalue weighted by atomic mass is 10.1. The van der Waals surface area contributed by atoms with E-state index in [4.69, 9.17) is 14.9 Å². The molecule has 0 aliphatic heterocycles. The SMILES string of the molecule is Cc1cc(-c2cnc(CCN)o2)ccc1OC(C)C. The third kappa shape index (κ3) is 3.35. The average molecular weight is 260 g/mol. The topological polar surface area (TPSA) is 61.3 Å². The van der Waals surface area contributed by atoms with Gasteiger partial charge in [0.2, 0.25) is 0 Å². The highest BCUT2D eigenvalue weighted by atomic mass is 16.5. The lowest BCUT2D eigenvalue weighted by Gasteiger charge is -2.12. The Hall–Kier alpha value is -1.81. The van der Waals surface area contributed by atoms with Crippen molar-refractivity contribution in [2.45, 2.75) is 33.3 Å². The number of hydrogen-bond acceptors (Lipinski definition) is 4. The molecule has 0 bridgehead atoms. The Balaban J connectivity index is 2.22. The van der Waals surface area contributed by atoms with Crippen molar-refractivity contribution in [2.24, 2.45) is 5.73 Å². The van der Waals surface area contributed by atoms with E-state index in [1.165, 1.54) is 0 Å². The van der Waals surface area contributed by atoms with Crippen molar-refractivity contribution in [1.29, 1.82) is 0 Å². The molecular weight excluding hydrogens is 240 g/mol. The van der Waals surface area contributed by atoms with Crippen LogP contribution in [0.1, 0.15) is 25.3 Å². The van der Waals surface area contributed by atoms with Gasteiger partial charge in [0, 0.05) is 18.5 Å². The second-order valence-corrected chi connectivity index (χ2v) is 4.80. The zero-order valence-electron chi connectivity index (χ0n) is 11.6. The molecule has 0 aliphatic carbocycles. The number of ether oxygens (including phenoxy) is 1. The molecular formula is C15H20N2O2. The Bertz CT molecular complexity index is 547. The van der Waals surface area contributed by atoms with Crippen LogP contribution in [-0.4, -0.2) is 17.6 Å². The number of nitrogens with two attached hydrogens (primary N) is 1. The third-order valence-electron chi connectivity index (χ3n) is 2.73. The summed E-state index contributed by atoms with van der Waals surface area (Å²) in [6.07, 6.45) is 2.57. The van der Waals surface area contributed by atoms with Crippen LogP contribution in [0.3, 0.4) is 0 Å². The van der Waals surface area contributed by atoms with E-state index in [2.05, 4.69) is 4.98 Å². The van der Waals surface area contributed by atoms with Crippen molar-refractivity contribution in [3.63, 3.8) is 0 Å². The molecule has 0 aliphatic rings. The second kappa shape index (κ2) is 5.89. The molecule has 2 rings (SSSR count). The highest BCUT2D eigenvalue weighted by molar-refractivity contribution is 5.59. The smallest absolute Gasteiger partial charge is 0.196 e. The van der Waals surface area contributed by atoms with Crippen molar-refractivity contribution in [3.8, 4) is 17.1 Å². The lowest BCUT2D eigenvalue weighted by molar-refractivity contribution is 0.241. The molecule has 1 aromatic carbocycles. The molecule has 0 saturated carbocycles. The Labute approximate surface area is 113 Å². The van der Waals surface area contributed by atoms with E-state index in [1.54, 1.807) is 6.20 Å². The van der Waals surface area contributed by atoms with Crippen molar-refractivity contribution in [1.82, 2.24) is 4.98 Å². The summed E-state index contributed by atoms with van der Waals surface area (Å²) < 4.78 is 11.4. The number of aryl methyl sites for hydroxylation is 1. The van der Waals surface area contributed by atoms with Gasteiger partial charge in [-0.2, -0.15) is 0 Å². The van der Waals surface area contributed by atoms with Crippen LogP contribution in [0, 0.1) is 6.92 Å². The van der Waals surface area contributed by atoms with E-state index in [0.717, 1.165) is 22.6 Å². The third-order valence-corrected chi connectivity index (χ3v) is 2.73. The first-order valence-corrected chi connectivity index (χ1v) is 6.52. The van der Waals surface area contributed by atoms with Crippen LogP contribution in [-0.2, 0) is 6.42 Å². The van der Waals surface area contributed by atoms with Gasteiger partial charge in [-0.25, -0.2) is 4.98 Å². The van der Waals surface area contributed by atoms with Crippen LogP contribution < -0.4 is 10.5 Å². The Morgan fingerprint density at radius 2 is 2.16 bits per heavy atom. The lowest BCUT2D eigenvalue weighted by Crippen LogP contribution is -2.06. The zero-order valence-corrected chi connectivity index (χ0v) is 11.6.